The van der Waals surface area contributed by atoms with E-state index in [4.69, 9.17) is 0 Å². The van der Waals surface area contributed by atoms with Crippen molar-refractivity contribution in [2.45, 2.75) is 46.1 Å². The lowest BCUT2D eigenvalue weighted by atomic mass is 10.2. The van der Waals surface area contributed by atoms with Crippen molar-refractivity contribution >= 4 is 5.82 Å². The summed E-state index contributed by atoms with van der Waals surface area (Å²) in [5, 5.41) is 3.39. The first-order valence-corrected chi connectivity index (χ1v) is 5.29. The Balaban J connectivity index is 2.38. The van der Waals surface area contributed by atoms with Crippen LogP contribution in [-0.4, -0.2) is 16.0 Å². The molecule has 1 aliphatic carbocycles. The van der Waals surface area contributed by atoms with E-state index >= 15 is 0 Å². The van der Waals surface area contributed by atoms with Crippen LogP contribution in [0.1, 0.15) is 37.4 Å². The lowest BCUT2D eigenvalue weighted by molar-refractivity contribution is 0.870. The van der Waals surface area contributed by atoms with Gasteiger partial charge in [-0.3, -0.25) is 0 Å². The third-order valence-corrected chi connectivity index (χ3v) is 2.47. The second-order valence-corrected chi connectivity index (χ2v) is 4.20. The van der Waals surface area contributed by atoms with Crippen LogP contribution in [0.2, 0.25) is 0 Å². The molecule has 0 saturated heterocycles. The van der Waals surface area contributed by atoms with E-state index in [0.717, 1.165) is 24.5 Å². The number of aryl methyl sites for hydroxylation is 2. The molecule has 0 fully saturated rings. The molecule has 1 aliphatic rings. The van der Waals surface area contributed by atoms with E-state index in [1.165, 1.54) is 17.7 Å². The number of nitrogens with zero attached hydrogens (tertiary/aromatic N) is 2. The van der Waals surface area contributed by atoms with Crippen molar-refractivity contribution in [2.24, 2.45) is 0 Å². The topological polar surface area (TPSA) is 37.8 Å². The van der Waals surface area contributed by atoms with Crippen LogP contribution < -0.4 is 5.32 Å². The number of fused-ring (bicyclic) bond motifs is 1. The highest BCUT2D eigenvalue weighted by Gasteiger charge is 2.18. The highest BCUT2D eigenvalue weighted by Crippen LogP contribution is 2.26. The van der Waals surface area contributed by atoms with Crippen molar-refractivity contribution in [3.05, 3.63) is 17.1 Å². The van der Waals surface area contributed by atoms with Gasteiger partial charge in [-0.2, -0.15) is 0 Å². The fourth-order valence-corrected chi connectivity index (χ4v) is 1.95. The Bertz CT molecular complexity index is 345. The Morgan fingerprint density at radius 2 is 2.00 bits per heavy atom. The molecule has 0 atom stereocenters. The van der Waals surface area contributed by atoms with E-state index < -0.39 is 0 Å². The summed E-state index contributed by atoms with van der Waals surface area (Å²) in [5.41, 5.74) is 2.59. The predicted octanol–water partition coefficient (Wildman–Crippen LogP) is 2.09. The van der Waals surface area contributed by atoms with Gasteiger partial charge in [0.15, 0.2) is 0 Å². The van der Waals surface area contributed by atoms with Crippen LogP contribution in [0.25, 0.3) is 0 Å². The standard InChI is InChI=1S/C11H17N3/c1-7(2)12-11-9-5-4-6-10(9)13-8(3)14-11/h7H,4-6H2,1-3H3,(H,12,13,14). The summed E-state index contributed by atoms with van der Waals surface area (Å²) in [5.74, 6) is 1.94. The van der Waals surface area contributed by atoms with Crippen molar-refractivity contribution in [3.8, 4) is 0 Å². The van der Waals surface area contributed by atoms with Gasteiger partial charge < -0.3 is 5.32 Å². The fraction of sp³-hybridized carbons (Fsp3) is 0.636. The fourth-order valence-electron chi connectivity index (χ4n) is 1.95. The van der Waals surface area contributed by atoms with Gasteiger partial charge in [-0.1, -0.05) is 0 Å². The number of hydrogen-bond acceptors (Lipinski definition) is 3. The molecule has 0 saturated carbocycles. The second kappa shape index (κ2) is 3.56. The van der Waals surface area contributed by atoms with Crippen molar-refractivity contribution in [2.75, 3.05) is 5.32 Å². The summed E-state index contributed by atoms with van der Waals surface area (Å²) < 4.78 is 0. The monoisotopic (exact) mass is 191 g/mol. The Hall–Kier alpha value is -1.12. The molecule has 3 nitrogen and oxygen atoms in total. The van der Waals surface area contributed by atoms with Crippen LogP contribution in [0, 0.1) is 6.92 Å². The maximum atomic E-state index is 4.47. The number of aromatic nitrogens is 2. The quantitative estimate of drug-likeness (QED) is 0.778. The van der Waals surface area contributed by atoms with E-state index in [1.807, 2.05) is 6.92 Å². The van der Waals surface area contributed by atoms with Crippen molar-refractivity contribution in [3.63, 3.8) is 0 Å². The largest absolute Gasteiger partial charge is 0.368 e. The average molecular weight is 191 g/mol. The maximum absolute atomic E-state index is 4.47. The van der Waals surface area contributed by atoms with Gasteiger partial charge in [-0.05, 0) is 40.0 Å². The molecule has 1 heterocycles. The lowest BCUT2D eigenvalue weighted by Gasteiger charge is -2.13. The minimum atomic E-state index is 0.439. The molecule has 0 aliphatic heterocycles. The van der Waals surface area contributed by atoms with E-state index in [2.05, 4.69) is 29.1 Å². The number of nitrogens with one attached hydrogen (secondary N) is 1. The summed E-state index contributed by atoms with van der Waals surface area (Å²) >= 11 is 0. The minimum absolute atomic E-state index is 0.439. The smallest absolute Gasteiger partial charge is 0.133 e. The van der Waals surface area contributed by atoms with E-state index in [1.54, 1.807) is 0 Å². The van der Waals surface area contributed by atoms with Crippen LogP contribution in [0.4, 0.5) is 5.82 Å². The summed E-state index contributed by atoms with van der Waals surface area (Å²) in [7, 11) is 0. The first-order chi connectivity index (χ1) is 6.66. The SMILES string of the molecule is Cc1nc2c(c(NC(C)C)n1)CCC2. The van der Waals surface area contributed by atoms with Gasteiger partial charge in [-0.15, -0.1) is 0 Å². The van der Waals surface area contributed by atoms with Gasteiger partial charge in [0.2, 0.25) is 0 Å². The van der Waals surface area contributed by atoms with Gasteiger partial charge in [-0.25, -0.2) is 9.97 Å². The van der Waals surface area contributed by atoms with Gasteiger partial charge in [0.1, 0.15) is 11.6 Å². The first-order valence-electron chi connectivity index (χ1n) is 5.29. The Morgan fingerprint density at radius 3 is 2.71 bits per heavy atom. The molecule has 1 aromatic rings. The van der Waals surface area contributed by atoms with Crippen molar-refractivity contribution in [1.29, 1.82) is 0 Å². The zero-order valence-corrected chi connectivity index (χ0v) is 9.09. The van der Waals surface area contributed by atoms with Crippen LogP contribution in [0.15, 0.2) is 0 Å². The molecule has 0 unspecified atom stereocenters. The van der Waals surface area contributed by atoms with Crippen molar-refractivity contribution < 1.29 is 0 Å². The average Bonchev–Trinajstić information content (AvgIpc) is 2.50. The molecule has 76 valence electrons. The molecule has 1 aromatic heterocycles. The second-order valence-electron chi connectivity index (χ2n) is 4.20. The molecule has 0 radical (unpaired) electrons. The minimum Gasteiger partial charge on any atom is -0.368 e. The molecule has 0 aromatic carbocycles. The predicted molar refractivity (Wildman–Crippen MR) is 57.6 cm³/mol. The highest BCUT2D eigenvalue weighted by molar-refractivity contribution is 5.49. The summed E-state index contributed by atoms with van der Waals surface area (Å²) in [6.07, 6.45) is 3.47. The van der Waals surface area contributed by atoms with E-state index in [-0.39, 0.29) is 0 Å². The summed E-state index contributed by atoms with van der Waals surface area (Å²) in [4.78, 5) is 8.93. The molecule has 0 amide bonds. The first kappa shape index (κ1) is 9.44. The zero-order valence-electron chi connectivity index (χ0n) is 9.09. The Kier molecular flexibility index (Phi) is 2.40. The molecule has 0 spiro atoms. The number of anilines is 1. The molecule has 3 heteroatoms. The lowest BCUT2D eigenvalue weighted by Crippen LogP contribution is -2.14. The van der Waals surface area contributed by atoms with Crippen molar-refractivity contribution in [1.82, 2.24) is 9.97 Å². The van der Waals surface area contributed by atoms with Gasteiger partial charge in [0.05, 0.1) is 0 Å². The van der Waals surface area contributed by atoms with E-state index in [9.17, 15) is 0 Å². The molecule has 14 heavy (non-hydrogen) atoms. The highest BCUT2D eigenvalue weighted by atomic mass is 15.0. The molecular formula is C11H17N3. The summed E-state index contributed by atoms with van der Waals surface area (Å²) in [6.45, 7) is 6.24. The molecule has 2 rings (SSSR count). The number of hydrogen-bond donors (Lipinski definition) is 1. The summed E-state index contributed by atoms with van der Waals surface area (Å²) in [6, 6.07) is 0.439. The van der Waals surface area contributed by atoms with Crippen LogP contribution in [0.3, 0.4) is 0 Å². The molecular weight excluding hydrogens is 174 g/mol. The third-order valence-electron chi connectivity index (χ3n) is 2.47. The van der Waals surface area contributed by atoms with Gasteiger partial charge in [0, 0.05) is 17.3 Å². The molecule has 1 N–H and O–H groups in total. The van der Waals surface area contributed by atoms with E-state index in [0.29, 0.717) is 6.04 Å². The Morgan fingerprint density at radius 1 is 1.21 bits per heavy atom. The Labute approximate surface area is 85.0 Å². The van der Waals surface area contributed by atoms with Gasteiger partial charge in [0.25, 0.3) is 0 Å². The third kappa shape index (κ3) is 1.72. The maximum Gasteiger partial charge on any atom is 0.133 e. The van der Waals surface area contributed by atoms with Gasteiger partial charge >= 0.3 is 0 Å². The van der Waals surface area contributed by atoms with Crippen LogP contribution >= 0.6 is 0 Å². The van der Waals surface area contributed by atoms with Crippen LogP contribution in [0.5, 0.6) is 0 Å². The zero-order chi connectivity index (χ0) is 10.1. The number of rotatable bonds is 2. The normalized spacial score (nSPS) is 14.6. The molecule has 0 bridgehead atoms. The van der Waals surface area contributed by atoms with Crippen LogP contribution in [-0.2, 0) is 12.8 Å².